The predicted molar refractivity (Wildman–Crippen MR) is 71.1 cm³/mol. The Labute approximate surface area is 110 Å². The largest absolute Gasteiger partial charge is 0.316 e. The first-order valence-corrected chi connectivity index (χ1v) is 6.02. The number of nitrogens with one attached hydrogen (secondary N) is 1. The van der Waals surface area contributed by atoms with Gasteiger partial charge in [-0.1, -0.05) is 23.2 Å². The number of hydrogen-bond acceptors (Lipinski definition) is 2. The topological polar surface area (TPSA) is 29.9 Å². The summed E-state index contributed by atoms with van der Waals surface area (Å²) in [7, 11) is 1.91. The molecule has 0 aliphatic heterocycles. The second-order valence-corrected chi connectivity index (χ2v) is 4.64. The Balaban J connectivity index is 2.46. The van der Waals surface area contributed by atoms with Crippen molar-refractivity contribution in [3.63, 3.8) is 0 Å². The number of benzene rings is 1. The molecular formula is C12H13Cl2N3. The van der Waals surface area contributed by atoms with Crippen LogP contribution in [0.15, 0.2) is 24.4 Å². The van der Waals surface area contributed by atoms with Crippen LogP contribution in [0.5, 0.6) is 0 Å². The summed E-state index contributed by atoms with van der Waals surface area (Å²) in [5.74, 6) is 0. The molecule has 0 saturated carbocycles. The summed E-state index contributed by atoms with van der Waals surface area (Å²) >= 11 is 12.0. The van der Waals surface area contributed by atoms with E-state index >= 15 is 0 Å². The van der Waals surface area contributed by atoms with Gasteiger partial charge in [-0.3, -0.25) is 0 Å². The maximum atomic E-state index is 6.16. The summed E-state index contributed by atoms with van der Waals surface area (Å²) in [5.41, 5.74) is 3.07. The standard InChI is InChI=1S/C12H13Cl2N3/c1-8-9(6-15-2)7-16-17(8)12-4-3-10(13)5-11(12)14/h3-5,7,15H,6H2,1-2H3. The molecule has 1 aromatic heterocycles. The highest BCUT2D eigenvalue weighted by Gasteiger charge is 2.10. The van der Waals surface area contributed by atoms with Gasteiger partial charge in [0.15, 0.2) is 0 Å². The Morgan fingerprint density at radius 3 is 2.76 bits per heavy atom. The van der Waals surface area contributed by atoms with Crippen molar-refractivity contribution >= 4 is 23.2 Å². The van der Waals surface area contributed by atoms with Crippen LogP contribution >= 0.6 is 23.2 Å². The molecule has 2 rings (SSSR count). The van der Waals surface area contributed by atoms with E-state index in [2.05, 4.69) is 10.4 Å². The smallest absolute Gasteiger partial charge is 0.0836 e. The summed E-state index contributed by atoms with van der Waals surface area (Å²) in [5, 5.41) is 8.67. The van der Waals surface area contributed by atoms with Crippen molar-refractivity contribution in [3.8, 4) is 5.69 Å². The van der Waals surface area contributed by atoms with Gasteiger partial charge in [-0.25, -0.2) is 4.68 Å². The van der Waals surface area contributed by atoms with E-state index in [1.807, 2.05) is 37.0 Å². The fraction of sp³-hybridized carbons (Fsp3) is 0.250. The zero-order valence-corrected chi connectivity index (χ0v) is 11.2. The second kappa shape index (κ2) is 5.08. The molecule has 1 N–H and O–H groups in total. The Morgan fingerprint density at radius 1 is 1.35 bits per heavy atom. The first kappa shape index (κ1) is 12.4. The lowest BCUT2D eigenvalue weighted by Crippen LogP contribution is -2.06. The quantitative estimate of drug-likeness (QED) is 0.928. The van der Waals surface area contributed by atoms with Gasteiger partial charge in [0.25, 0.3) is 0 Å². The molecule has 0 radical (unpaired) electrons. The molecule has 0 unspecified atom stereocenters. The lowest BCUT2D eigenvalue weighted by Gasteiger charge is -2.08. The van der Waals surface area contributed by atoms with Crippen molar-refractivity contribution in [2.45, 2.75) is 13.5 Å². The molecule has 17 heavy (non-hydrogen) atoms. The normalized spacial score (nSPS) is 10.8. The highest BCUT2D eigenvalue weighted by atomic mass is 35.5. The average molecular weight is 270 g/mol. The monoisotopic (exact) mass is 269 g/mol. The number of rotatable bonds is 3. The van der Waals surface area contributed by atoms with Crippen molar-refractivity contribution in [1.29, 1.82) is 0 Å². The van der Waals surface area contributed by atoms with E-state index in [-0.39, 0.29) is 0 Å². The van der Waals surface area contributed by atoms with E-state index in [9.17, 15) is 0 Å². The maximum absolute atomic E-state index is 6.16. The minimum Gasteiger partial charge on any atom is -0.316 e. The number of hydrogen-bond donors (Lipinski definition) is 1. The minimum atomic E-state index is 0.597. The molecule has 0 amide bonds. The van der Waals surface area contributed by atoms with Crippen LogP contribution in [0.4, 0.5) is 0 Å². The van der Waals surface area contributed by atoms with E-state index in [0.717, 1.165) is 23.5 Å². The van der Waals surface area contributed by atoms with Gasteiger partial charge >= 0.3 is 0 Å². The lowest BCUT2D eigenvalue weighted by molar-refractivity contribution is 0.801. The van der Waals surface area contributed by atoms with Crippen LogP contribution in [0, 0.1) is 6.92 Å². The van der Waals surface area contributed by atoms with Crippen molar-refractivity contribution in [2.75, 3.05) is 7.05 Å². The summed E-state index contributed by atoms with van der Waals surface area (Å²) in [6.45, 7) is 2.81. The first-order valence-electron chi connectivity index (χ1n) is 5.27. The van der Waals surface area contributed by atoms with Crippen LogP contribution in [0.2, 0.25) is 10.0 Å². The van der Waals surface area contributed by atoms with Gasteiger partial charge in [-0.2, -0.15) is 5.10 Å². The summed E-state index contributed by atoms with van der Waals surface area (Å²) in [6, 6.07) is 5.40. The van der Waals surface area contributed by atoms with Crippen LogP contribution in [0.1, 0.15) is 11.3 Å². The highest BCUT2D eigenvalue weighted by molar-refractivity contribution is 6.35. The van der Waals surface area contributed by atoms with Crippen LogP contribution in [0.3, 0.4) is 0 Å². The molecule has 5 heteroatoms. The number of halogens is 2. The van der Waals surface area contributed by atoms with Crippen LogP contribution in [0.25, 0.3) is 5.69 Å². The van der Waals surface area contributed by atoms with Crippen molar-refractivity contribution < 1.29 is 0 Å². The van der Waals surface area contributed by atoms with Crippen molar-refractivity contribution in [3.05, 3.63) is 45.7 Å². The van der Waals surface area contributed by atoms with Gasteiger partial charge < -0.3 is 5.32 Å². The van der Waals surface area contributed by atoms with Gasteiger partial charge in [0.2, 0.25) is 0 Å². The van der Waals surface area contributed by atoms with Crippen LogP contribution < -0.4 is 5.32 Å². The van der Waals surface area contributed by atoms with Gasteiger partial charge in [0.05, 0.1) is 16.9 Å². The van der Waals surface area contributed by atoms with Gasteiger partial charge in [-0.05, 0) is 32.2 Å². The zero-order chi connectivity index (χ0) is 12.4. The summed E-state index contributed by atoms with van der Waals surface area (Å²) < 4.78 is 1.82. The van der Waals surface area contributed by atoms with E-state index in [0.29, 0.717) is 10.0 Å². The van der Waals surface area contributed by atoms with E-state index in [1.165, 1.54) is 0 Å². The fourth-order valence-electron chi connectivity index (χ4n) is 1.70. The van der Waals surface area contributed by atoms with Crippen LogP contribution in [-0.4, -0.2) is 16.8 Å². The Hall–Kier alpha value is -1.03. The van der Waals surface area contributed by atoms with E-state index < -0.39 is 0 Å². The molecule has 0 bridgehead atoms. The minimum absolute atomic E-state index is 0.597. The molecule has 1 heterocycles. The summed E-state index contributed by atoms with van der Waals surface area (Å²) in [6.07, 6.45) is 1.84. The molecule has 1 aromatic carbocycles. The van der Waals surface area contributed by atoms with Crippen molar-refractivity contribution in [1.82, 2.24) is 15.1 Å². The highest BCUT2D eigenvalue weighted by Crippen LogP contribution is 2.25. The molecule has 0 fully saturated rings. The van der Waals surface area contributed by atoms with Crippen molar-refractivity contribution in [2.24, 2.45) is 0 Å². The van der Waals surface area contributed by atoms with Gasteiger partial charge in [0.1, 0.15) is 0 Å². The molecule has 0 aliphatic carbocycles. The Kier molecular flexibility index (Phi) is 3.72. The molecule has 2 aromatic rings. The maximum Gasteiger partial charge on any atom is 0.0836 e. The third kappa shape index (κ3) is 2.46. The first-order chi connectivity index (χ1) is 8.13. The molecule has 90 valence electrons. The van der Waals surface area contributed by atoms with Crippen LogP contribution in [-0.2, 0) is 6.54 Å². The Morgan fingerprint density at radius 2 is 2.12 bits per heavy atom. The molecule has 0 atom stereocenters. The second-order valence-electron chi connectivity index (χ2n) is 3.79. The molecule has 0 saturated heterocycles. The number of nitrogens with zero attached hydrogens (tertiary/aromatic N) is 2. The van der Waals surface area contributed by atoms with E-state index in [1.54, 1.807) is 6.07 Å². The predicted octanol–water partition coefficient (Wildman–Crippen LogP) is 3.21. The third-order valence-corrected chi connectivity index (χ3v) is 3.15. The fourth-order valence-corrected chi connectivity index (χ4v) is 2.19. The third-order valence-electron chi connectivity index (χ3n) is 2.62. The molecule has 0 aliphatic rings. The van der Waals surface area contributed by atoms with E-state index in [4.69, 9.17) is 23.2 Å². The zero-order valence-electron chi connectivity index (χ0n) is 9.67. The molecule has 3 nitrogen and oxygen atoms in total. The Bertz CT molecular complexity index is 535. The molecular weight excluding hydrogens is 257 g/mol. The summed E-state index contributed by atoms with van der Waals surface area (Å²) in [4.78, 5) is 0. The van der Waals surface area contributed by atoms with Gasteiger partial charge in [-0.15, -0.1) is 0 Å². The average Bonchev–Trinajstić information content (AvgIpc) is 2.62. The lowest BCUT2D eigenvalue weighted by atomic mass is 10.2. The molecule has 0 spiro atoms. The SMILES string of the molecule is CNCc1cnn(-c2ccc(Cl)cc2Cl)c1C. The van der Waals surface area contributed by atoms with Gasteiger partial charge in [0, 0.05) is 22.8 Å². The number of aromatic nitrogens is 2.